The molecule has 0 aliphatic heterocycles. The predicted molar refractivity (Wildman–Crippen MR) is 122 cm³/mol. The molecule has 162 valence electrons. The summed E-state index contributed by atoms with van der Waals surface area (Å²) in [5, 5.41) is 6.48. The van der Waals surface area contributed by atoms with Crippen LogP contribution >= 0.6 is 22.9 Å². The van der Waals surface area contributed by atoms with Crippen LogP contribution < -0.4 is 20.1 Å². The highest BCUT2D eigenvalue weighted by Gasteiger charge is 2.15. The molecular formula is C22H22ClN3O4S. The van der Waals surface area contributed by atoms with E-state index in [1.807, 2.05) is 25.1 Å². The molecule has 0 fully saturated rings. The molecule has 0 saturated carbocycles. The summed E-state index contributed by atoms with van der Waals surface area (Å²) in [7, 11) is 3.18. The van der Waals surface area contributed by atoms with Crippen molar-refractivity contribution < 1.29 is 19.1 Å². The Morgan fingerprint density at radius 1 is 1.06 bits per heavy atom. The summed E-state index contributed by atoms with van der Waals surface area (Å²) >= 11 is 7.42. The van der Waals surface area contributed by atoms with Crippen LogP contribution in [0.4, 0.5) is 5.69 Å². The Labute approximate surface area is 189 Å². The standard InChI is InChI=1S/C22H22ClN3O4S/c1-13-19(31-22(25-13)14-7-8-17(29-2)18(11-14)30-3)9-10-24-20(27)21(28)26-16-6-4-5-15(23)12-16/h4-8,11-12H,9-10H2,1-3H3,(H,24,27)(H,26,28). The highest BCUT2D eigenvalue weighted by molar-refractivity contribution is 7.15. The van der Waals surface area contributed by atoms with E-state index in [-0.39, 0.29) is 0 Å². The molecule has 0 saturated heterocycles. The lowest BCUT2D eigenvalue weighted by molar-refractivity contribution is -0.136. The van der Waals surface area contributed by atoms with Crippen molar-refractivity contribution >= 4 is 40.4 Å². The number of benzene rings is 2. The van der Waals surface area contributed by atoms with Crippen molar-refractivity contribution in [2.75, 3.05) is 26.1 Å². The number of rotatable bonds is 7. The van der Waals surface area contributed by atoms with Gasteiger partial charge in [-0.2, -0.15) is 0 Å². The number of thiazole rings is 1. The van der Waals surface area contributed by atoms with E-state index in [4.69, 9.17) is 21.1 Å². The monoisotopic (exact) mass is 459 g/mol. The molecule has 0 unspecified atom stereocenters. The molecule has 2 N–H and O–H groups in total. The van der Waals surface area contributed by atoms with Crippen LogP contribution in [0, 0.1) is 6.92 Å². The molecule has 0 atom stereocenters. The zero-order chi connectivity index (χ0) is 22.4. The smallest absolute Gasteiger partial charge is 0.313 e. The number of anilines is 1. The number of carbonyl (C=O) groups excluding carboxylic acids is 2. The number of halogens is 1. The minimum atomic E-state index is -0.741. The third-order valence-corrected chi connectivity index (χ3v) is 5.95. The average Bonchev–Trinajstić information content (AvgIpc) is 3.13. The molecule has 1 heterocycles. The number of aromatic nitrogens is 1. The first kappa shape index (κ1) is 22.6. The first-order valence-corrected chi connectivity index (χ1v) is 10.6. The third-order valence-electron chi connectivity index (χ3n) is 4.45. The van der Waals surface area contributed by atoms with Gasteiger partial charge in [-0.25, -0.2) is 4.98 Å². The number of hydrogen-bond acceptors (Lipinski definition) is 6. The predicted octanol–water partition coefficient (Wildman–Crippen LogP) is 4.09. The molecule has 1 aromatic heterocycles. The number of ether oxygens (including phenoxy) is 2. The molecule has 0 radical (unpaired) electrons. The summed E-state index contributed by atoms with van der Waals surface area (Å²) in [6.45, 7) is 2.24. The van der Waals surface area contributed by atoms with Gasteiger partial charge in [-0.15, -0.1) is 11.3 Å². The van der Waals surface area contributed by atoms with Crippen LogP contribution in [-0.2, 0) is 16.0 Å². The molecule has 0 aliphatic carbocycles. The van der Waals surface area contributed by atoms with Crippen molar-refractivity contribution in [3.8, 4) is 22.1 Å². The van der Waals surface area contributed by atoms with Gasteiger partial charge in [-0.3, -0.25) is 9.59 Å². The summed E-state index contributed by atoms with van der Waals surface area (Å²) in [5.41, 5.74) is 2.26. The second-order valence-electron chi connectivity index (χ2n) is 6.57. The van der Waals surface area contributed by atoms with Gasteiger partial charge in [0.05, 0.1) is 19.9 Å². The average molecular weight is 460 g/mol. The van der Waals surface area contributed by atoms with E-state index in [9.17, 15) is 9.59 Å². The maximum atomic E-state index is 12.1. The Kier molecular flexibility index (Phi) is 7.49. The van der Waals surface area contributed by atoms with Crippen molar-refractivity contribution in [2.45, 2.75) is 13.3 Å². The molecule has 2 amide bonds. The zero-order valence-corrected chi connectivity index (χ0v) is 18.9. The Bertz CT molecular complexity index is 1100. The van der Waals surface area contributed by atoms with Gasteiger partial charge in [-0.1, -0.05) is 17.7 Å². The number of nitrogens with one attached hydrogen (secondary N) is 2. The van der Waals surface area contributed by atoms with E-state index in [2.05, 4.69) is 15.6 Å². The quantitative estimate of drug-likeness (QED) is 0.519. The molecule has 2 aromatic carbocycles. The van der Waals surface area contributed by atoms with E-state index in [0.717, 1.165) is 21.1 Å². The van der Waals surface area contributed by atoms with E-state index in [1.54, 1.807) is 38.5 Å². The Morgan fingerprint density at radius 2 is 1.84 bits per heavy atom. The van der Waals surface area contributed by atoms with Crippen molar-refractivity contribution in [1.29, 1.82) is 0 Å². The molecule has 31 heavy (non-hydrogen) atoms. The van der Waals surface area contributed by atoms with Gasteiger partial charge in [-0.05, 0) is 43.3 Å². The summed E-state index contributed by atoms with van der Waals surface area (Å²) in [6.07, 6.45) is 0.562. The van der Waals surface area contributed by atoms with Crippen LogP contribution in [0.5, 0.6) is 11.5 Å². The second-order valence-corrected chi connectivity index (χ2v) is 8.09. The lowest BCUT2D eigenvalue weighted by Gasteiger charge is -2.08. The summed E-state index contributed by atoms with van der Waals surface area (Å²) in [6, 6.07) is 12.2. The number of methoxy groups -OCH3 is 2. The third kappa shape index (κ3) is 5.74. The second kappa shape index (κ2) is 10.3. The first-order valence-electron chi connectivity index (χ1n) is 9.44. The summed E-state index contributed by atoms with van der Waals surface area (Å²) in [4.78, 5) is 29.8. The first-order chi connectivity index (χ1) is 14.9. The van der Waals surface area contributed by atoms with Gasteiger partial charge in [0.25, 0.3) is 0 Å². The van der Waals surface area contributed by atoms with Crippen molar-refractivity contribution in [3.05, 3.63) is 58.1 Å². The van der Waals surface area contributed by atoms with Crippen molar-refractivity contribution in [3.63, 3.8) is 0 Å². The highest BCUT2D eigenvalue weighted by Crippen LogP contribution is 2.35. The van der Waals surface area contributed by atoms with Crippen LogP contribution in [0.1, 0.15) is 10.6 Å². The Morgan fingerprint density at radius 3 is 2.55 bits per heavy atom. The van der Waals surface area contributed by atoms with E-state index >= 15 is 0 Å². The minimum Gasteiger partial charge on any atom is -0.493 e. The number of aryl methyl sites for hydroxylation is 1. The molecule has 9 heteroatoms. The lowest BCUT2D eigenvalue weighted by atomic mass is 10.2. The van der Waals surface area contributed by atoms with Crippen LogP contribution in [-0.4, -0.2) is 37.6 Å². The van der Waals surface area contributed by atoms with Gasteiger partial charge < -0.3 is 20.1 Å². The van der Waals surface area contributed by atoms with Gasteiger partial charge in [0.1, 0.15) is 5.01 Å². The molecule has 3 aromatic rings. The number of amides is 2. The van der Waals surface area contributed by atoms with Gasteiger partial charge in [0.15, 0.2) is 11.5 Å². The van der Waals surface area contributed by atoms with E-state index < -0.39 is 11.8 Å². The Hall–Kier alpha value is -3.10. The fourth-order valence-corrected chi connectivity index (χ4v) is 4.13. The molecule has 3 rings (SSSR count). The van der Waals surface area contributed by atoms with E-state index in [0.29, 0.717) is 35.2 Å². The summed E-state index contributed by atoms with van der Waals surface area (Å²) < 4.78 is 10.6. The molecule has 7 nitrogen and oxygen atoms in total. The summed E-state index contributed by atoms with van der Waals surface area (Å²) in [5.74, 6) is -0.164. The van der Waals surface area contributed by atoms with Crippen LogP contribution in [0.3, 0.4) is 0 Å². The van der Waals surface area contributed by atoms with Crippen LogP contribution in [0.25, 0.3) is 10.6 Å². The maximum Gasteiger partial charge on any atom is 0.313 e. The van der Waals surface area contributed by atoms with Crippen molar-refractivity contribution in [1.82, 2.24) is 10.3 Å². The fraction of sp³-hybridized carbons (Fsp3) is 0.227. The number of hydrogen-bond donors (Lipinski definition) is 2. The Balaban J connectivity index is 1.58. The van der Waals surface area contributed by atoms with Gasteiger partial charge >= 0.3 is 11.8 Å². The number of carbonyl (C=O) groups is 2. The topological polar surface area (TPSA) is 89.5 Å². The van der Waals surface area contributed by atoms with Crippen molar-refractivity contribution in [2.24, 2.45) is 0 Å². The molecular weight excluding hydrogens is 438 g/mol. The van der Waals surface area contributed by atoms with Crippen LogP contribution in [0.2, 0.25) is 5.02 Å². The van der Waals surface area contributed by atoms with E-state index in [1.165, 1.54) is 11.3 Å². The maximum absolute atomic E-state index is 12.1. The lowest BCUT2D eigenvalue weighted by Crippen LogP contribution is -2.36. The fourth-order valence-electron chi connectivity index (χ4n) is 2.88. The van der Waals surface area contributed by atoms with Gasteiger partial charge in [0, 0.05) is 34.1 Å². The SMILES string of the molecule is COc1ccc(-c2nc(C)c(CCNC(=O)C(=O)Nc3cccc(Cl)c3)s2)cc1OC. The van der Waals surface area contributed by atoms with Gasteiger partial charge in [0.2, 0.25) is 0 Å². The normalized spacial score (nSPS) is 10.5. The minimum absolute atomic E-state index is 0.316. The zero-order valence-electron chi connectivity index (χ0n) is 17.3. The molecule has 0 spiro atoms. The van der Waals surface area contributed by atoms with Crippen LogP contribution in [0.15, 0.2) is 42.5 Å². The largest absolute Gasteiger partial charge is 0.493 e. The molecule has 0 aliphatic rings. The number of nitrogens with zero attached hydrogens (tertiary/aromatic N) is 1. The molecule has 0 bridgehead atoms. The highest BCUT2D eigenvalue weighted by atomic mass is 35.5.